The van der Waals surface area contributed by atoms with Gasteiger partial charge in [0.25, 0.3) is 0 Å². The van der Waals surface area contributed by atoms with Crippen LogP contribution in [0.4, 0.5) is 0 Å². The molecule has 8 heteroatoms. The molecule has 1 aliphatic rings. The van der Waals surface area contributed by atoms with Crippen molar-refractivity contribution >= 4 is 82.9 Å². The number of nitrogens with one attached hydrogen (secondary N) is 1. The van der Waals surface area contributed by atoms with Crippen molar-refractivity contribution in [3.05, 3.63) is 14.4 Å². The molecule has 3 unspecified atom stereocenters. The summed E-state index contributed by atoms with van der Waals surface area (Å²) in [7, 11) is 1.89. The summed E-state index contributed by atoms with van der Waals surface area (Å²) in [5.74, 6) is 0.635. The molecule has 0 spiro atoms. The minimum Gasteiger partial charge on any atom is -1.00 e. The summed E-state index contributed by atoms with van der Waals surface area (Å²) in [5, 5.41) is 3.39. The number of halogens is 2. The Morgan fingerprint density at radius 2 is 1.59 bits per heavy atom. The molecule has 1 rings (SSSR count). The molecule has 3 atom stereocenters. The smallest absolute Gasteiger partial charge is 1.00 e. The molecule has 0 aromatic carbocycles. The van der Waals surface area contributed by atoms with Gasteiger partial charge in [0.05, 0.1) is 6.04 Å². The minimum absolute atomic E-state index is 0. The average Bonchev–Trinajstić information content (AvgIpc) is 2.42. The molecule has 0 aromatic rings. The number of nitrogens with zero attached hydrogens (tertiary/aromatic N) is 1. The Hall–Kier alpha value is 4.05. The fraction of sp³-hybridized carbons (Fsp3) is 0.786. The van der Waals surface area contributed by atoms with E-state index in [9.17, 15) is 4.79 Å². The second kappa shape index (κ2) is 21.3. The zero-order valence-corrected chi connectivity index (χ0v) is 25.6. The molecule has 0 aromatic heterocycles. The second-order valence-electron chi connectivity index (χ2n) is 5.07. The van der Waals surface area contributed by atoms with Gasteiger partial charge in [0, 0.05) is 18.6 Å². The third-order valence-corrected chi connectivity index (χ3v) is 3.78. The molecule has 2 radical (unpaired) electrons. The van der Waals surface area contributed by atoms with E-state index in [1.165, 1.54) is 0 Å². The number of likely N-dealkylation sites (N-methyl/N-ethyl adjacent to an activating group) is 1. The van der Waals surface area contributed by atoms with Gasteiger partial charge in [-0.05, 0) is 33.6 Å². The molecule has 1 saturated heterocycles. The van der Waals surface area contributed by atoms with Gasteiger partial charge in [0.15, 0.2) is 5.70 Å². The first kappa shape index (κ1) is 40.7. The Morgan fingerprint density at radius 1 is 1.27 bits per heavy atom. The molecule has 3 nitrogen and oxygen atoms in total. The molecule has 1 aliphatic heterocycles. The van der Waals surface area contributed by atoms with Crippen LogP contribution in [0.1, 0.15) is 43.0 Å². The quantitative estimate of drug-likeness (QED) is 0.209. The van der Waals surface area contributed by atoms with Crippen molar-refractivity contribution in [3.8, 4) is 0 Å². The number of carbonyl (C=O) groups excluding carboxylic acids is 1. The van der Waals surface area contributed by atoms with Crippen molar-refractivity contribution in [1.29, 1.82) is 0 Å². The zero-order chi connectivity index (χ0) is 15.1. The summed E-state index contributed by atoms with van der Waals surface area (Å²) in [6, 6.07) is 0.206. The van der Waals surface area contributed by atoms with Crippen LogP contribution in [0.15, 0.2) is 0 Å². The number of hydrogen-bond acceptors (Lipinski definition) is 2. The summed E-state index contributed by atoms with van der Waals surface area (Å²) in [6.45, 7) is 15.6. The van der Waals surface area contributed by atoms with Crippen LogP contribution in [0.3, 0.4) is 0 Å². The number of amides is 1. The summed E-state index contributed by atoms with van der Waals surface area (Å²) in [4.78, 5) is 13.7. The van der Waals surface area contributed by atoms with Crippen LogP contribution in [0.2, 0.25) is 0 Å². The normalized spacial score (nSPS) is 24.9. The van der Waals surface area contributed by atoms with Crippen LogP contribution in [0.5, 0.6) is 0 Å². The van der Waals surface area contributed by atoms with E-state index in [0.29, 0.717) is 5.92 Å². The number of hydrogen-bond donors (Lipinski definition) is 1. The monoisotopic (exact) mass is 820 g/mol. The van der Waals surface area contributed by atoms with E-state index in [2.05, 4.69) is 45.6 Å². The molecular formula is C14H31BBaI2N2OYb. The maximum atomic E-state index is 11.9. The Labute approximate surface area is 251 Å². The van der Waals surface area contributed by atoms with Gasteiger partial charge >= 0.3 is 95.8 Å². The SMILES string of the molecule is CC1NC(C)(C)C(C)C(C)N(C)C1=O.[B]I.[Ba+2].[CH2-]C.[CH3-].[H-].[I-].[Yb+2]. The molecule has 22 heavy (non-hydrogen) atoms. The molecule has 0 aliphatic carbocycles. The van der Waals surface area contributed by atoms with Gasteiger partial charge in [-0.15, -0.1) is 0 Å². The second-order valence-corrected chi connectivity index (χ2v) is 5.07. The van der Waals surface area contributed by atoms with Crippen LogP contribution < -0.4 is 29.3 Å². The van der Waals surface area contributed by atoms with E-state index in [1.54, 1.807) is 29.3 Å². The van der Waals surface area contributed by atoms with Crippen LogP contribution in [0.25, 0.3) is 0 Å². The largest absolute Gasteiger partial charge is 2.00 e. The minimum atomic E-state index is -0.0811. The van der Waals surface area contributed by atoms with Gasteiger partial charge in [0.2, 0.25) is 5.91 Å². The number of carbonyl (C=O) groups is 1. The first-order chi connectivity index (χ1) is 8.27. The average molecular weight is 818 g/mol. The van der Waals surface area contributed by atoms with Crippen molar-refractivity contribution in [3.63, 3.8) is 0 Å². The molecule has 1 N–H and O–H groups in total. The van der Waals surface area contributed by atoms with E-state index >= 15 is 0 Å². The van der Waals surface area contributed by atoms with Crippen LogP contribution in [-0.2, 0) is 4.79 Å². The molecular weight excluding hydrogens is 787 g/mol. The van der Waals surface area contributed by atoms with Crippen molar-refractivity contribution in [2.75, 3.05) is 7.05 Å². The Bertz CT molecular complexity index is 271. The third kappa shape index (κ3) is 13.3. The molecule has 136 valence electrons. The Morgan fingerprint density at radius 3 is 1.91 bits per heavy atom. The van der Waals surface area contributed by atoms with Gasteiger partial charge in [-0.2, -0.15) is 29.3 Å². The summed E-state index contributed by atoms with van der Waals surface area (Å²) < 4.78 is 0. The van der Waals surface area contributed by atoms with Crippen LogP contribution in [-0.4, -0.2) is 90.1 Å². The van der Waals surface area contributed by atoms with Crippen molar-refractivity contribution in [2.24, 2.45) is 5.92 Å². The molecule has 1 fully saturated rings. The van der Waals surface area contributed by atoms with Gasteiger partial charge in [-0.3, -0.25) is 4.79 Å². The Balaban J connectivity index is -0.0000000528. The van der Waals surface area contributed by atoms with Crippen molar-refractivity contribution < 1.29 is 77.1 Å². The van der Waals surface area contributed by atoms with Crippen LogP contribution >= 0.6 is 22.4 Å². The molecule has 0 bridgehead atoms. The summed E-state index contributed by atoms with van der Waals surface area (Å²) in [6.07, 6.45) is 0. The molecule has 1 heterocycles. The van der Waals surface area contributed by atoms with E-state index in [4.69, 9.17) is 0 Å². The van der Waals surface area contributed by atoms with Crippen molar-refractivity contribution in [2.45, 2.75) is 59.2 Å². The standard InChI is InChI=1S/C11H22N2O.C2H5.CH3.BI.Ba.HI.Yb.H/c1-7-9(3)13(6)10(14)8(2)12-11(7,4)5;1-2;;1-2;;;;/h7-9,12H,1-6H3;1H2,2H3;1H3;;;1H;;/q;2*-1;;+2;;+2;-1/p-1. The third-order valence-electron chi connectivity index (χ3n) is 3.78. The fourth-order valence-electron chi connectivity index (χ4n) is 2.20. The summed E-state index contributed by atoms with van der Waals surface area (Å²) >= 11 is 1.65. The Kier molecular flexibility index (Phi) is 39.5. The predicted octanol–water partition coefficient (Wildman–Crippen LogP) is -0.229. The van der Waals surface area contributed by atoms with Crippen molar-refractivity contribution in [1.82, 2.24) is 10.2 Å². The van der Waals surface area contributed by atoms with Gasteiger partial charge in [-0.1, -0.05) is 6.92 Å². The van der Waals surface area contributed by atoms with E-state index < -0.39 is 0 Å². The van der Waals surface area contributed by atoms with E-state index in [0.717, 1.165) is 0 Å². The molecule has 0 saturated carbocycles. The fourth-order valence-corrected chi connectivity index (χ4v) is 2.20. The maximum absolute atomic E-state index is 11.9. The molecule has 1 amide bonds. The maximum Gasteiger partial charge on any atom is 2.00 e. The summed E-state index contributed by atoms with van der Waals surface area (Å²) in [5.41, 5.74) is 4.48. The predicted molar refractivity (Wildman–Crippen MR) is 102 cm³/mol. The van der Waals surface area contributed by atoms with Gasteiger partial charge < -0.3 is 50.0 Å². The van der Waals surface area contributed by atoms with Gasteiger partial charge in [-0.25, -0.2) is 0 Å². The van der Waals surface area contributed by atoms with E-state index in [-0.39, 0.29) is 152 Å². The van der Waals surface area contributed by atoms with Crippen LogP contribution in [0, 0.1) is 67.2 Å². The zero-order valence-electron chi connectivity index (χ0n) is 16.1. The topological polar surface area (TPSA) is 32.3 Å². The van der Waals surface area contributed by atoms with Gasteiger partial charge in [0.1, 0.15) is 0 Å². The van der Waals surface area contributed by atoms with E-state index in [1.807, 2.05) is 18.9 Å². The number of rotatable bonds is 0. The first-order valence-electron chi connectivity index (χ1n) is 6.24. The first-order valence-corrected chi connectivity index (χ1v) is 7.49.